The Bertz CT molecular complexity index is 972. The van der Waals surface area contributed by atoms with Gasteiger partial charge in [0.05, 0.1) is 34.6 Å². The number of ether oxygens (including phenoxy) is 2. The van der Waals surface area contributed by atoms with E-state index in [1.165, 1.54) is 0 Å². The Balaban J connectivity index is 1.64. The molecule has 1 N–H and O–H groups in total. The number of nitrogens with zero attached hydrogens (tertiary/aromatic N) is 2. The minimum Gasteiger partial charge on any atom is -0.475 e. The van der Waals surface area contributed by atoms with Crippen LogP contribution in [0.4, 0.5) is 11.4 Å². The first-order chi connectivity index (χ1) is 14.3. The van der Waals surface area contributed by atoms with Gasteiger partial charge in [-0.1, -0.05) is 58.9 Å². The molecule has 2 heterocycles. The standard InChI is InChI=1S/C25H31N3O2/c1-16(2)21-14-29-23(27-21)17-10-6-8-12-19(17)26-20-13-9-7-11-18(20)24-28-22(15-30-24)25(3,4)5/h6-13,16,21-22,26H,14-15H2,1-5H3. The Morgan fingerprint density at radius 1 is 0.833 bits per heavy atom. The molecule has 2 aliphatic heterocycles. The predicted molar refractivity (Wildman–Crippen MR) is 123 cm³/mol. The highest BCUT2D eigenvalue weighted by molar-refractivity contribution is 6.04. The molecule has 2 atom stereocenters. The van der Waals surface area contributed by atoms with Gasteiger partial charge in [-0.3, -0.25) is 0 Å². The zero-order valence-corrected chi connectivity index (χ0v) is 18.5. The van der Waals surface area contributed by atoms with Crippen LogP contribution >= 0.6 is 0 Å². The van der Waals surface area contributed by atoms with Crippen LogP contribution < -0.4 is 5.32 Å². The Hall–Kier alpha value is -2.82. The van der Waals surface area contributed by atoms with Crippen molar-refractivity contribution in [3.63, 3.8) is 0 Å². The fourth-order valence-corrected chi connectivity index (χ4v) is 3.55. The molecule has 0 fully saturated rings. The molecule has 0 bridgehead atoms. The predicted octanol–water partition coefficient (Wildman–Crippen LogP) is 5.42. The molecule has 2 aromatic carbocycles. The molecule has 2 aromatic rings. The van der Waals surface area contributed by atoms with E-state index >= 15 is 0 Å². The van der Waals surface area contributed by atoms with Gasteiger partial charge < -0.3 is 14.8 Å². The van der Waals surface area contributed by atoms with Crippen LogP contribution in [-0.2, 0) is 9.47 Å². The van der Waals surface area contributed by atoms with E-state index < -0.39 is 0 Å². The van der Waals surface area contributed by atoms with E-state index in [1.807, 2.05) is 36.4 Å². The topological polar surface area (TPSA) is 55.2 Å². The van der Waals surface area contributed by atoms with Crippen molar-refractivity contribution in [1.29, 1.82) is 0 Å². The molecule has 30 heavy (non-hydrogen) atoms. The molecule has 0 saturated heterocycles. The van der Waals surface area contributed by atoms with Gasteiger partial charge in [-0.25, -0.2) is 9.98 Å². The van der Waals surface area contributed by atoms with E-state index in [2.05, 4.69) is 52.1 Å². The molecular weight excluding hydrogens is 374 g/mol. The second kappa shape index (κ2) is 8.13. The molecule has 158 valence electrons. The fraction of sp³-hybridized carbons (Fsp3) is 0.440. The zero-order chi connectivity index (χ0) is 21.3. The number of nitrogens with one attached hydrogen (secondary N) is 1. The molecule has 0 radical (unpaired) electrons. The van der Waals surface area contributed by atoms with Crippen molar-refractivity contribution < 1.29 is 9.47 Å². The van der Waals surface area contributed by atoms with Crippen LogP contribution in [0, 0.1) is 11.3 Å². The van der Waals surface area contributed by atoms with Gasteiger partial charge in [-0.2, -0.15) is 0 Å². The van der Waals surface area contributed by atoms with E-state index in [0.717, 1.165) is 22.5 Å². The van der Waals surface area contributed by atoms with Crippen LogP contribution in [0.5, 0.6) is 0 Å². The third kappa shape index (κ3) is 4.20. The molecule has 0 aromatic heterocycles. The number of hydrogen-bond acceptors (Lipinski definition) is 5. The maximum absolute atomic E-state index is 5.99. The molecule has 0 aliphatic carbocycles. The lowest BCUT2D eigenvalue weighted by Crippen LogP contribution is -2.25. The number of benzene rings is 2. The minimum atomic E-state index is 0.0711. The molecule has 2 unspecified atom stereocenters. The molecule has 0 amide bonds. The number of aliphatic imine (C=N–C) groups is 2. The summed E-state index contributed by atoms with van der Waals surface area (Å²) >= 11 is 0. The summed E-state index contributed by atoms with van der Waals surface area (Å²) in [6, 6.07) is 16.6. The fourth-order valence-electron chi connectivity index (χ4n) is 3.55. The van der Waals surface area contributed by atoms with Gasteiger partial charge in [0.15, 0.2) is 0 Å². The van der Waals surface area contributed by atoms with Crippen molar-refractivity contribution in [2.45, 2.75) is 46.7 Å². The summed E-state index contributed by atoms with van der Waals surface area (Å²) in [5.74, 6) is 1.86. The van der Waals surface area contributed by atoms with Crippen LogP contribution in [0.2, 0.25) is 0 Å². The van der Waals surface area contributed by atoms with Crippen molar-refractivity contribution in [2.75, 3.05) is 18.5 Å². The van der Waals surface area contributed by atoms with Gasteiger partial charge in [-0.15, -0.1) is 0 Å². The number of rotatable bonds is 5. The van der Waals surface area contributed by atoms with Gasteiger partial charge in [0, 0.05) is 0 Å². The molecule has 4 rings (SSSR count). The summed E-state index contributed by atoms with van der Waals surface area (Å²) in [7, 11) is 0. The summed E-state index contributed by atoms with van der Waals surface area (Å²) < 4.78 is 11.9. The maximum Gasteiger partial charge on any atom is 0.218 e. The average Bonchev–Trinajstić information content (AvgIpc) is 3.39. The van der Waals surface area contributed by atoms with Crippen molar-refractivity contribution >= 4 is 23.2 Å². The minimum absolute atomic E-state index is 0.0711. The Morgan fingerprint density at radius 3 is 1.87 bits per heavy atom. The summed E-state index contributed by atoms with van der Waals surface area (Å²) in [5, 5.41) is 3.57. The van der Waals surface area contributed by atoms with Gasteiger partial charge in [0.25, 0.3) is 0 Å². The van der Waals surface area contributed by atoms with Crippen molar-refractivity contribution in [2.24, 2.45) is 21.3 Å². The molecule has 0 spiro atoms. The summed E-state index contributed by atoms with van der Waals surface area (Å²) in [6.45, 7) is 12.2. The highest BCUT2D eigenvalue weighted by Crippen LogP contribution is 2.31. The van der Waals surface area contributed by atoms with E-state index in [0.29, 0.717) is 30.9 Å². The van der Waals surface area contributed by atoms with Crippen LogP contribution in [-0.4, -0.2) is 37.1 Å². The highest BCUT2D eigenvalue weighted by Gasteiger charge is 2.31. The first-order valence-corrected chi connectivity index (χ1v) is 10.7. The lowest BCUT2D eigenvalue weighted by atomic mass is 9.88. The zero-order valence-electron chi connectivity index (χ0n) is 18.5. The van der Waals surface area contributed by atoms with Crippen LogP contribution in [0.15, 0.2) is 58.5 Å². The molecule has 5 heteroatoms. The number of anilines is 2. The molecule has 5 nitrogen and oxygen atoms in total. The second-order valence-electron chi connectivity index (χ2n) is 9.40. The first-order valence-electron chi connectivity index (χ1n) is 10.7. The third-order valence-electron chi connectivity index (χ3n) is 5.68. The SMILES string of the molecule is CC(C)C1COC(c2ccccc2Nc2ccccc2C2=NC(C(C)(C)C)CO2)=N1. The summed E-state index contributed by atoms with van der Waals surface area (Å²) in [4.78, 5) is 9.67. The van der Waals surface area contributed by atoms with Gasteiger partial charge in [-0.05, 0) is 35.6 Å². The van der Waals surface area contributed by atoms with Gasteiger partial charge in [0.2, 0.25) is 11.8 Å². The highest BCUT2D eigenvalue weighted by atomic mass is 16.5. The Kier molecular flexibility index (Phi) is 5.54. The molecule has 0 saturated carbocycles. The molecule has 2 aliphatic rings. The Morgan fingerprint density at radius 2 is 1.37 bits per heavy atom. The second-order valence-corrected chi connectivity index (χ2v) is 9.40. The monoisotopic (exact) mass is 405 g/mol. The average molecular weight is 406 g/mol. The van der Waals surface area contributed by atoms with E-state index in [1.54, 1.807) is 0 Å². The molecular formula is C25H31N3O2. The van der Waals surface area contributed by atoms with Crippen molar-refractivity contribution in [3.8, 4) is 0 Å². The van der Waals surface area contributed by atoms with E-state index in [-0.39, 0.29) is 17.5 Å². The summed E-state index contributed by atoms with van der Waals surface area (Å²) in [6.07, 6.45) is 0. The van der Waals surface area contributed by atoms with Gasteiger partial charge >= 0.3 is 0 Å². The summed E-state index contributed by atoms with van der Waals surface area (Å²) in [5.41, 5.74) is 3.92. The Labute approximate surface area is 179 Å². The van der Waals surface area contributed by atoms with Crippen LogP contribution in [0.3, 0.4) is 0 Å². The normalized spacial score (nSPS) is 21.1. The van der Waals surface area contributed by atoms with Crippen LogP contribution in [0.25, 0.3) is 0 Å². The lowest BCUT2D eigenvalue weighted by molar-refractivity contribution is 0.236. The number of para-hydroxylation sites is 2. The number of hydrogen-bond donors (Lipinski definition) is 1. The van der Waals surface area contributed by atoms with E-state index in [4.69, 9.17) is 19.5 Å². The third-order valence-corrected chi connectivity index (χ3v) is 5.68. The maximum atomic E-state index is 5.99. The van der Waals surface area contributed by atoms with Crippen LogP contribution in [0.1, 0.15) is 45.7 Å². The van der Waals surface area contributed by atoms with Crippen molar-refractivity contribution in [1.82, 2.24) is 0 Å². The first kappa shape index (κ1) is 20.5. The largest absolute Gasteiger partial charge is 0.475 e. The smallest absolute Gasteiger partial charge is 0.218 e. The quantitative estimate of drug-likeness (QED) is 0.722. The lowest BCUT2D eigenvalue weighted by Gasteiger charge is -2.21. The van der Waals surface area contributed by atoms with E-state index in [9.17, 15) is 0 Å². The van der Waals surface area contributed by atoms with Crippen molar-refractivity contribution in [3.05, 3.63) is 59.7 Å². The van der Waals surface area contributed by atoms with Gasteiger partial charge in [0.1, 0.15) is 13.2 Å².